The molecule has 0 atom stereocenters. The summed E-state index contributed by atoms with van der Waals surface area (Å²) < 4.78 is 49.3. The number of nitrogens with one attached hydrogen (secondary N) is 1. The molecule has 2 aromatic carbocycles. The molecule has 2 rings (SSSR count). The number of anilines is 1. The molecule has 2 aromatic rings. The van der Waals surface area contributed by atoms with Gasteiger partial charge in [0.15, 0.2) is 0 Å². The topological polar surface area (TPSA) is 80.3 Å². The second-order valence-corrected chi connectivity index (χ2v) is 9.07. The zero-order valence-corrected chi connectivity index (χ0v) is 14.3. The summed E-state index contributed by atoms with van der Waals surface area (Å²) in [5.74, 6) is 0. The second-order valence-electron chi connectivity index (χ2n) is 4.00. The molecule has 0 aliphatic heterocycles. The van der Waals surface area contributed by atoms with Crippen molar-refractivity contribution in [3.8, 4) is 0 Å². The average Bonchev–Trinajstić information content (AvgIpc) is 2.37. The van der Waals surface area contributed by atoms with Crippen LogP contribution in [0.1, 0.15) is 0 Å². The van der Waals surface area contributed by atoms with Crippen molar-refractivity contribution in [3.05, 3.63) is 53.0 Å². The highest BCUT2D eigenvalue weighted by molar-refractivity contribution is 9.10. The molecule has 112 valence electrons. The largest absolute Gasteiger partial charge is 0.280 e. The number of hydrogen-bond acceptors (Lipinski definition) is 4. The van der Waals surface area contributed by atoms with Crippen LogP contribution >= 0.6 is 26.6 Å². The summed E-state index contributed by atoms with van der Waals surface area (Å²) in [5, 5.41) is 0. The highest BCUT2D eigenvalue weighted by atomic mass is 79.9. The van der Waals surface area contributed by atoms with Gasteiger partial charge < -0.3 is 0 Å². The maximum atomic E-state index is 12.1. The Morgan fingerprint density at radius 2 is 1.57 bits per heavy atom. The van der Waals surface area contributed by atoms with Gasteiger partial charge in [0.25, 0.3) is 19.1 Å². The molecule has 0 saturated carbocycles. The second kappa shape index (κ2) is 5.96. The zero-order valence-electron chi connectivity index (χ0n) is 10.3. The van der Waals surface area contributed by atoms with E-state index in [0.717, 1.165) is 0 Å². The first-order valence-corrected chi connectivity index (χ1v) is 10.1. The van der Waals surface area contributed by atoms with Gasteiger partial charge in [0, 0.05) is 15.2 Å². The molecular formula is C12H9BrClNO4S2. The molecule has 21 heavy (non-hydrogen) atoms. The van der Waals surface area contributed by atoms with Crippen LogP contribution in [0.25, 0.3) is 0 Å². The van der Waals surface area contributed by atoms with Crippen LogP contribution in [-0.4, -0.2) is 16.8 Å². The predicted octanol–water partition coefficient (Wildman–Crippen LogP) is 3.18. The lowest BCUT2D eigenvalue weighted by Gasteiger charge is -2.09. The summed E-state index contributed by atoms with van der Waals surface area (Å²) in [6.07, 6.45) is 0. The van der Waals surface area contributed by atoms with Gasteiger partial charge in [-0.2, -0.15) is 0 Å². The van der Waals surface area contributed by atoms with Gasteiger partial charge in [-0.25, -0.2) is 16.8 Å². The van der Waals surface area contributed by atoms with E-state index in [9.17, 15) is 16.8 Å². The van der Waals surface area contributed by atoms with Crippen molar-refractivity contribution in [1.82, 2.24) is 0 Å². The third-order valence-corrected chi connectivity index (χ3v) is 6.20. The van der Waals surface area contributed by atoms with Gasteiger partial charge >= 0.3 is 0 Å². The predicted molar refractivity (Wildman–Crippen MR) is 84.4 cm³/mol. The highest BCUT2D eigenvalue weighted by Gasteiger charge is 2.17. The fourth-order valence-corrected chi connectivity index (χ4v) is 4.87. The molecule has 0 spiro atoms. The van der Waals surface area contributed by atoms with Crippen LogP contribution in [0.3, 0.4) is 0 Å². The van der Waals surface area contributed by atoms with E-state index in [4.69, 9.17) is 10.7 Å². The van der Waals surface area contributed by atoms with E-state index >= 15 is 0 Å². The van der Waals surface area contributed by atoms with E-state index in [2.05, 4.69) is 20.7 Å². The van der Waals surface area contributed by atoms with Gasteiger partial charge in [-0.3, -0.25) is 4.72 Å². The summed E-state index contributed by atoms with van der Waals surface area (Å²) >= 11 is 3.05. The van der Waals surface area contributed by atoms with Gasteiger partial charge in [-0.1, -0.05) is 18.2 Å². The minimum Gasteiger partial charge on any atom is -0.280 e. The van der Waals surface area contributed by atoms with Crippen LogP contribution in [0.4, 0.5) is 5.69 Å². The fourth-order valence-electron chi connectivity index (χ4n) is 1.58. The van der Waals surface area contributed by atoms with Crippen LogP contribution in [0.2, 0.25) is 0 Å². The first kappa shape index (κ1) is 16.3. The van der Waals surface area contributed by atoms with Gasteiger partial charge in [0.1, 0.15) is 0 Å². The molecule has 0 unspecified atom stereocenters. The lowest BCUT2D eigenvalue weighted by atomic mass is 10.3. The molecular weight excluding hydrogens is 402 g/mol. The number of halogens is 2. The summed E-state index contributed by atoms with van der Waals surface area (Å²) in [6.45, 7) is 0. The summed E-state index contributed by atoms with van der Waals surface area (Å²) in [7, 11) is -2.38. The number of sulfonamides is 1. The maximum Gasteiger partial charge on any atom is 0.262 e. The van der Waals surface area contributed by atoms with E-state index in [1.54, 1.807) is 18.2 Å². The Morgan fingerprint density at radius 3 is 2.10 bits per heavy atom. The maximum absolute atomic E-state index is 12.1. The molecule has 9 heteroatoms. The van der Waals surface area contributed by atoms with Crippen molar-refractivity contribution >= 4 is 51.4 Å². The summed E-state index contributed by atoms with van der Waals surface area (Å²) in [6, 6.07) is 11.7. The normalized spacial score (nSPS) is 12.1. The van der Waals surface area contributed by atoms with E-state index in [1.165, 1.54) is 30.3 Å². The minimum atomic E-state index is -3.90. The van der Waals surface area contributed by atoms with Crippen molar-refractivity contribution in [3.63, 3.8) is 0 Å². The molecule has 1 N–H and O–H groups in total. The van der Waals surface area contributed by atoms with Crippen molar-refractivity contribution in [2.24, 2.45) is 0 Å². The van der Waals surface area contributed by atoms with E-state index in [1.807, 2.05) is 0 Å². The van der Waals surface area contributed by atoms with Crippen LogP contribution in [0.5, 0.6) is 0 Å². The van der Waals surface area contributed by atoms with Crippen LogP contribution in [-0.2, 0) is 19.1 Å². The Kier molecular flexibility index (Phi) is 4.62. The highest BCUT2D eigenvalue weighted by Crippen LogP contribution is 2.28. The Bertz CT molecular complexity index is 867. The van der Waals surface area contributed by atoms with Crippen molar-refractivity contribution in [2.75, 3.05) is 4.72 Å². The zero-order chi connectivity index (χ0) is 15.7. The molecule has 5 nitrogen and oxygen atoms in total. The van der Waals surface area contributed by atoms with Gasteiger partial charge in [0.2, 0.25) is 0 Å². The molecule has 0 fully saturated rings. The van der Waals surface area contributed by atoms with Gasteiger partial charge in [-0.15, -0.1) is 0 Å². The molecule has 0 heterocycles. The third-order valence-electron chi connectivity index (χ3n) is 2.50. The lowest BCUT2D eigenvalue weighted by molar-refractivity contribution is 0.601. The van der Waals surface area contributed by atoms with Crippen molar-refractivity contribution < 1.29 is 16.8 Å². The number of benzene rings is 2. The summed E-state index contributed by atoms with van der Waals surface area (Å²) in [5.41, 5.74) is 0.217. The minimum absolute atomic E-state index is 0.107. The van der Waals surface area contributed by atoms with E-state index < -0.39 is 19.1 Å². The summed E-state index contributed by atoms with van der Waals surface area (Å²) in [4.78, 5) is -0.0259. The quantitative estimate of drug-likeness (QED) is 0.785. The van der Waals surface area contributed by atoms with Crippen LogP contribution < -0.4 is 4.72 Å². The number of rotatable bonds is 4. The number of hydrogen-bond donors (Lipinski definition) is 1. The molecule has 0 bridgehead atoms. The van der Waals surface area contributed by atoms with E-state index in [0.29, 0.717) is 0 Å². The molecule has 0 aliphatic carbocycles. The molecule has 0 aliphatic rings. The third kappa shape index (κ3) is 3.97. The first-order chi connectivity index (χ1) is 9.70. The Morgan fingerprint density at radius 1 is 0.952 bits per heavy atom. The van der Waals surface area contributed by atoms with Crippen LogP contribution in [0, 0.1) is 0 Å². The Labute approximate surface area is 135 Å². The smallest absolute Gasteiger partial charge is 0.262 e. The van der Waals surface area contributed by atoms with Crippen molar-refractivity contribution in [1.29, 1.82) is 0 Å². The molecule has 0 aromatic heterocycles. The first-order valence-electron chi connectivity index (χ1n) is 5.52. The molecule has 0 radical (unpaired) electrons. The standard InChI is InChI=1S/C12H9BrClNO4S2/c13-11-8-9(6-7-12(11)20(14,16)17)15-21(18,19)10-4-2-1-3-5-10/h1-8,15H. The Balaban J connectivity index is 2.36. The SMILES string of the molecule is O=S(=O)(Cl)c1ccc(NS(=O)(=O)c2ccccc2)cc1Br. The fraction of sp³-hybridized carbons (Fsp3) is 0. The monoisotopic (exact) mass is 409 g/mol. The van der Waals surface area contributed by atoms with Crippen molar-refractivity contribution in [2.45, 2.75) is 9.79 Å². The van der Waals surface area contributed by atoms with Crippen LogP contribution in [0.15, 0.2) is 62.8 Å². The average molecular weight is 411 g/mol. The Hall–Kier alpha value is -1.09. The molecule has 0 amide bonds. The van der Waals surface area contributed by atoms with Gasteiger partial charge in [0.05, 0.1) is 15.5 Å². The molecule has 0 saturated heterocycles. The lowest BCUT2D eigenvalue weighted by Crippen LogP contribution is -2.12. The van der Waals surface area contributed by atoms with E-state index in [-0.39, 0.29) is 20.0 Å². The van der Waals surface area contributed by atoms with Gasteiger partial charge in [-0.05, 0) is 46.3 Å².